The maximum Gasteiger partial charge on any atom is 0.226 e. The molecule has 0 radical (unpaired) electrons. The fourth-order valence-electron chi connectivity index (χ4n) is 2.27. The van der Waals surface area contributed by atoms with E-state index in [0.29, 0.717) is 19.0 Å². The third-order valence-electron chi connectivity index (χ3n) is 3.82. The third kappa shape index (κ3) is 6.66. The SMILES string of the molecule is CN=C(NCCOCC1CC1)NCc1coc(-c2ccccc2)n1.I. The van der Waals surface area contributed by atoms with Gasteiger partial charge in [0.15, 0.2) is 5.96 Å². The van der Waals surface area contributed by atoms with Gasteiger partial charge in [-0.2, -0.15) is 0 Å². The van der Waals surface area contributed by atoms with Crippen LogP contribution < -0.4 is 10.6 Å². The largest absolute Gasteiger partial charge is 0.444 e. The predicted molar refractivity (Wildman–Crippen MR) is 109 cm³/mol. The molecule has 3 rings (SSSR count). The Labute approximate surface area is 165 Å². The molecule has 136 valence electrons. The summed E-state index contributed by atoms with van der Waals surface area (Å²) in [5.74, 6) is 2.16. The second-order valence-electron chi connectivity index (χ2n) is 5.88. The molecule has 1 fully saturated rings. The highest BCUT2D eigenvalue weighted by atomic mass is 127. The third-order valence-corrected chi connectivity index (χ3v) is 3.82. The van der Waals surface area contributed by atoms with Gasteiger partial charge < -0.3 is 19.8 Å². The molecule has 1 aromatic carbocycles. The van der Waals surface area contributed by atoms with E-state index in [-0.39, 0.29) is 24.0 Å². The molecule has 1 aliphatic carbocycles. The van der Waals surface area contributed by atoms with Crippen molar-refractivity contribution in [3.8, 4) is 11.5 Å². The van der Waals surface area contributed by atoms with Crippen LogP contribution in [0.4, 0.5) is 0 Å². The van der Waals surface area contributed by atoms with E-state index in [4.69, 9.17) is 9.15 Å². The number of halogens is 1. The van der Waals surface area contributed by atoms with Crippen LogP contribution in [0.1, 0.15) is 18.5 Å². The summed E-state index contributed by atoms with van der Waals surface area (Å²) < 4.78 is 11.1. The number of nitrogens with zero attached hydrogens (tertiary/aromatic N) is 2. The lowest BCUT2D eigenvalue weighted by Crippen LogP contribution is -2.38. The molecule has 1 heterocycles. The second-order valence-corrected chi connectivity index (χ2v) is 5.88. The number of aliphatic imine (C=N–C) groups is 1. The zero-order chi connectivity index (χ0) is 16.6. The van der Waals surface area contributed by atoms with Crippen LogP contribution in [0.15, 0.2) is 46.0 Å². The summed E-state index contributed by atoms with van der Waals surface area (Å²) in [5.41, 5.74) is 1.81. The molecule has 0 amide bonds. The van der Waals surface area contributed by atoms with Gasteiger partial charge in [0.25, 0.3) is 0 Å². The van der Waals surface area contributed by atoms with E-state index >= 15 is 0 Å². The quantitative estimate of drug-likeness (QED) is 0.277. The predicted octanol–water partition coefficient (Wildman–Crippen LogP) is 3.05. The number of guanidine groups is 1. The molecule has 1 saturated carbocycles. The highest BCUT2D eigenvalue weighted by Gasteiger charge is 2.20. The number of rotatable bonds is 8. The lowest BCUT2D eigenvalue weighted by molar-refractivity contribution is 0.129. The van der Waals surface area contributed by atoms with E-state index in [2.05, 4.69) is 20.6 Å². The minimum atomic E-state index is 0. The van der Waals surface area contributed by atoms with Crippen LogP contribution in [0.25, 0.3) is 11.5 Å². The maximum absolute atomic E-state index is 5.59. The van der Waals surface area contributed by atoms with E-state index in [9.17, 15) is 0 Å². The van der Waals surface area contributed by atoms with Gasteiger partial charge in [0.05, 0.1) is 18.8 Å². The first-order valence-corrected chi connectivity index (χ1v) is 8.37. The average Bonchev–Trinajstić information content (AvgIpc) is 3.33. The summed E-state index contributed by atoms with van der Waals surface area (Å²) in [6, 6.07) is 9.86. The summed E-state index contributed by atoms with van der Waals surface area (Å²) in [5, 5.41) is 6.45. The van der Waals surface area contributed by atoms with Crippen LogP contribution in [0, 0.1) is 5.92 Å². The van der Waals surface area contributed by atoms with Crippen molar-refractivity contribution in [1.82, 2.24) is 15.6 Å². The summed E-state index contributed by atoms with van der Waals surface area (Å²) in [7, 11) is 1.75. The van der Waals surface area contributed by atoms with Crippen molar-refractivity contribution in [2.75, 3.05) is 26.8 Å². The van der Waals surface area contributed by atoms with Gasteiger partial charge in [-0.05, 0) is 30.9 Å². The Morgan fingerprint density at radius 2 is 2.08 bits per heavy atom. The summed E-state index contributed by atoms with van der Waals surface area (Å²) in [4.78, 5) is 8.68. The van der Waals surface area contributed by atoms with Crippen LogP contribution in [0.2, 0.25) is 0 Å². The minimum Gasteiger partial charge on any atom is -0.444 e. The lowest BCUT2D eigenvalue weighted by atomic mass is 10.2. The van der Waals surface area contributed by atoms with Gasteiger partial charge in [-0.1, -0.05) is 18.2 Å². The van der Waals surface area contributed by atoms with Crippen molar-refractivity contribution in [2.24, 2.45) is 10.9 Å². The van der Waals surface area contributed by atoms with Crippen molar-refractivity contribution < 1.29 is 9.15 Å². The highest BCUT2D eigenvalue weighted by molar-refractivity contribution is 14.0. The Morgan fingerprint density at radius 3 is 2.80 bits per heavy atom. The summed E-state index contributed by atoms with van der Waals surface area (Å²) >= 11 is 0. The summed E-state index contributed by atoms with van der Waals surface area (Å²) in [6.07, 6.45) is 4.31. The molecule has 2 N–H and O–H groups in total. The van der Waals surface area contributed by atoms with Gasteiger partial charge in [-0.15, -0.1) is 24.0 Å². The minimum absolute atomic E-state index is 0. The Morgan fingerprint density at radius 1 is 1.28 bits per heavy atom. The monoisotopic (exact) mass is 456 g/mol. The van der Waals surface area contributed by atoms with Crippen LogP contribution >= 0.6 is 24.0 Å². The standard InChI is InChI=1S/C18H24N4O2.HI/c1-19-18(20-9-10-23-12-14-7-8-14)21-11-16-13-24-17(22-16)15-5-3-2-4-6-15;/h2-6,13-14H,7-12H2,1H3,(H2,19,20,21);1H. The smallest absolute Gasteiger partial charge is 0.226 e. The van der Waals surface area contributed by atoms with E-state index in [1.807, 2.05) is 30.3 Å². The number of oxazole rings is 1. The molecule has 1 aliphatic rings. The number of ether oxygens (including phenoxy) is 1. The van der Waals surface area contributed by atoms with Crippen LogP contribution in [0.3, 0.4) is 0 Å². The molecule has 0 bridgehead atoms. The van der Waals surface area contributed by atoms with E-state index in [1.165, 1.54) is 12.8 Å². The normalized spacial score (nSPS) is 14.0. The number of hydrogen-bond acceptors (Lipinski definition) is 4. The lowest BCUT2D eigenvalue weighted by Gasteiger charge is -2.10. The van der Waals surface area contributed by atoms with E-state index in [1.54, 1.807) is 13.3 Å². The average molecular weight is 456 g/mol. The number of nitrogens with one attached hydrogen (secondary N) is 2. The van der Waals surface area contributed by atoms with Gasteiger partial charge >= 0.3 is 0 Å². The molecule has 1 aromatic heterocycles. The fraction of sp³-hybridized carbons (Fsp3) is 0.444. The molecule has 0 unspecified atom stereocenters. The Kier molecular flexibility index (Phi) is 8.20. The van der Waals surface area contributed by atoms with Crippen molar-refractivity contribution in [1.29, 1.82) is 0 Å². The molecule has 0 atom stereocenters. The molecule has 2 aromatic rings. The molecule has 0 aliphatic heterocycles. The van der Waals surface area contributed by atoms with Crippen LogP contribution in [0.5, 0.6) is 0 Å². The maximum atomic E-state index is 5.59. The van der Waals surface area contributed by atoms with Gasteiger partial charge in [0, 0.05) is 25.8 Å². The zero-order valence-electron chi connectivity index (χ0n) is 14.4. The molecular formula is C18H25IN4O2. The number of benzene rings is 1. The topological polar surface area (TPSA) is 71.7 Å². The summed E-state index contributed by atoms with van der Waals surface area (Å²) in [6.45, 7) is 2.87. The zero-order valence-corrected chi connectivity index (χ0v) is 16.7. The molecule has 0 spiro atoms. The van der Waals surface area contributed by atoms with Gasteiger partial charge in [0.2, 0.25) is 5.89 Å². The number of hydrogen-bond donors (Lipinski definition) is 2. The first-order valence-electron chi connectivity index (χ1n) is 8.37. The van der Waals surface area contributed by atoms with Crippen LogP contribution in [-0.2, 0) is 11.3 Å². The fourth-order valence-corrected chi connectivity index (χ4v) is 2.27. The van der Waals surface area contributed by atoms with Crippen molar-refractivity contribution in [3.05, 3.63) is 42.3 Å². The number of aromatic nitrogens is 1. The van der Waals surface area contributed by atoms with E-state index in [0.717, 1.165) is 36.3 Å². The Hall–Kier alpha value is -1.61. The Balaban J connectivity index is 0.00000225. The highest BCUT2D eigenvalue weighted by Crippen LogP contribution is 2.28. The van der Waals surface area contributed by atoms with Crippen LogP contribution in [-0.4, -0.2) is 37.7 Å². The van der Waals surface area contributed by atoms with E-state index < -0.39 is 0 Å². The molecule has 7 heteroatoms. The van der Waals surface area contributed by atoms with Crippen molar-refractivity contribution in [2.45, 2.75) is 19.4 Å². The van der Waals surface area contributed by atoms with Crippen molar-refractivity contribution >= 4 is 29.9 Å². The first-order chi connectivity index (χ1) is 11.8. The van der Waals surface area contributed by atoms with Gasteiger partial charge in [0.1, 0.15) is 6.26 Å². The Bertz CT molecular complexity index is 656. The van der Waals surface area contributed by atoms with Gasteiger partial charge in [-0.3, -0.25) is 4.99 Å². The first kappa shape index (κ1) is 19.7. The van der Waals surface area contributed by atoms with Crippen molar-refractivity contribution in [3.63, 3.8) is 0 Å². The second kappa shape index (κ2) is 10.4. The van der Waals surface area contributed by atoms with Gasteiger partial charge in [-0.25, -0.2) is 4.98 Å². The molecular weight excluding hydrogens is 431 g/mol. The molecule has 6 nitrogen and oxygen atoms in total. The molecule has 25 heavy (non-hydrogen) atoms. The molecule has 0 saturated heterocycles.